The first-order valence-corrected chi connectivity index (χ1v) is 8.67. The van der Waals surface area contributed by atoms with Gasteiger partial charge in [-0.25, -0.2) is 9.59 Å². The molecule has 0 saturated carbocycles. The van der Waals surface area contributed by atoms with E-state index in [4.69, 9.17) is 14.2 Å². The summed E-state index contributed by atoms with van der Waals surface area (Å²) in [5.41, 5.74) is 2.19. The van der Waals surface area contributed by atoms with Crippen LogP contribution >= 0.6 is 0 Å². The molecular formula is C20H24N2O6. The average molecular weight is 388 g/mol. The minimum absolute atomic E-state index is 0.118. The Morgan fingerprint density at radius 1 is 1.07 bits per heavy atom. The molecule has 1 aromatic heterocycles. The second-order valence-corrected chi connectivity index (χ2v) is 6.23. The van der Waals surface area contributed by atoms with Gasteiger partial charge in [-0.2, -0.15) is 0 Å². The zero-order chi connectivity index (χ0) is 20.8. The first-order valence-electron chi connectivity index (χ1n) is 8.67. The number of esters is 2. The summed E-state index contributed by atoms with van der Waals surface area (Å²) in [7, 11) is 2.84. The van der Waals surface area contributed by atoms with Crippen molar-refractivity contribution in [2.24, 2.45) is 0 Å². The third-order valence-corrected chi connectivity index (χ3v) is 4.31. The zero-order valence-electron chi connectivity index (χ0n) is 16.5. The van der Waals surface area contributed by atoms with Crippen LogP contribution in [0, 0.1) is 13.8 Å². The van der Waals surface area contributed by atoms with Crippen LogP contribution in [0.5, 0.6) is 5.75 Å². The van der Waals surface area contributed by atoms with Crippen LogP contribution < -0.4 is 10.1 Å². The van der Waals surface area contributed by atoms with E-state index in [9.17, 15) is 14.4 Å². The molecule has 0 aliphatic heterocycles. The maximum absolute atomic E-state index is 12.4. The number of hydrogen-bond donors (Lipinski definition) is 2. The first-order chi connectivity index (χ1) is 13.3. The fourth-order valence-electron chi connectivity index (χ4n) is 2.71. The molecule has 150 valence electrons. The molecule has 2 rings (SSSR count). The Kier molecular flexibility index (Phi) is 6.81. The van der Waals surface area contributed by atoms with E-state index in [1.807, 2.05) is 12.1 Å². The number of hydrogen-bond acceptors (Lipinski definition) is 6. The molecule has 0 bridgehead atoms. The van der Waals surface area contributed by atoms with Crippen molar-refractivity contribution >= 4 is 17.8 Å². The fourth-order valence-corrected chi connectivity index (χ4v) is 2.71. The number of aromatic amines is 1. The molecule has 0 aliphatic carbocycles. The second kappa shape index (κ2) is 9.07. The standard InChI is InChI=1S/C20H24N2O6/c1-11-16(19(24)27-5)12(2)22-17(11)20(25)28-13(3)18(23)21-10-14-6-8-15(26-4)9-7-14/h6-9,13,22H,10H2,1-5H3,(H,21,23)/t13-/m0/s1. The molecule has 1 aromatic carbocycles. The van der Waals surface area contributed by atoms with Gasteiger partial charge in [0, 0.05) is 12.2 Å². The summed E-state index contributed by atoms with van der Waals surface area (Å²) in [5, 5.41) is 2.71. The number of benzene rings is 1. The zero-order valence-corrected chi connectivity index (χ0v) is 16.5. The average Bonchev–Trinajstić information content (AvgIpc) is 3.00. The summed E-state index contributed by atoms with van der Waals surface area (Å²) >= 11 is 0. The molecule has 8 heteroatoms. The van der Waals surface area contributed by atoms with Crippen LogP contribution in [0.15, 0.2) is 24.3 Å². The molecular weight excluding hydrogens is 364 g/mol. The number of aromatic nitrogens is 1. The molecule has 2 N–H and O–H groups in total. The van der Waals surface area contributed by atoms with Gasteiger partial charge in [-0.1, -0.05) is 12.1 Å². The molecule has 0 radical (unpaired) electrons. The van der Waals surface area contributed by atoms with Crippen LogP contribution in [0.4, 0.5) is 0 Å². The van der Waals surface area contributed by atoms with Crippen LogP contribution in [-0.2, 0) is 20.8 Å². The lowest BCUT2D eigenvalue weighted by atomic mass is 10.1. The lowest BCUT2D eigenvalue weighted by molar-refractivity contribution is -0.129. The monoisotopic (exact) mass is 388 g/mol. The normalized spacial score (nSPS) is 11.5. The van der Waals surface area contributed by atoms with Crippen molar-refractivity contribution in [2.45, 2.75) is 33.4 Å². The second-order valence-electron chi connectivity index (χ2n) is 6.23. The lowest BCUT2D eigenvalue weighted by Crippen LogP contribution is -2.35. The third kappa shape index (κ3) is 4.70. The van der Waals surface area contributed by atoms with Crippen molar-refractivity contribution in [2.75, 3.05) is 14.2 Å². The Labute approximate surface area is 163 Å². The van der Waals surface area contributed by atoms with Gasteiger partial charge in [0.2, 0.25) is 0 Å². The molecule has 28 heavy (non-hydrogen) atoms. The van der Waals surface area contributed by atoms with E-state index in [2.05, 4.69) is 10.3 Å². The predicted molar refractivity (Wildman–Crippen MR) is 101 cm³/mol. The summed E-state index contributed by atoms with van der Waals surface area (Å²) in [6.07, 6.45) is -1.00. The topological polar surface area (TPSA) is 107 Å². The quantitative estimate of drug-likeness (QED) is 0.705. The van der Waals surface area contributed by atoms with Crippen molar-refractivity contribution in [3.05, 3.63) is 52.3 Å². The maximum atomic E-state index is 12.4. The van der Waals surface area contributed by atoms with Crippen LogP contribution in [0.25, 0.3) is 0 Å². The summed E-state index contributed by atoms with van der Waals surface area (Å²) in [4.78, 5) is 39.3. The number of aryl methyl sites for hydroxylation is 1. The highest BCUT2D eigenvalue weighted by Crippen LogP contribution is 2.20. The van der Waals surface area contributed by atoms with Crippen LogP contribution in [0.1, 0.15) is 44.6 Å². The molecule has 1 amide bonds. The van der Waals surface area contributed by atoms with Crippen molar-refractivity contribution in [3.63, 3.8) is 0 Å². The number of rotatable bonds is 7. The van der Waals surface area contributed by atoms with E-state index < -0.39 is 23.9 Å². The minimum atomic E-state index is -1.00. The van der Waals surface area contributed by atoms with Gasteiger partial charge in [0.05, 0.1) is 19.8 Å². The van der Waals surface area contributed by atoms with E-state index in [-0.39, 0.29) is 17.8 Å². The van der Waals surface area contributed by atoms with Crippen molar-refractivity contribution < 1.29 is 28.6 Å². The Bertz CT molecular complexity index is 870. The highest BCUT2D eigenvalue weighted by molar-refractivity contribution is 5.99. The van der Waals surface area contributed by atoms with Gasteiger partial charge in [-0.05, 0) is 44.0 Å². The van der Waals surface area contributed by atoms with Gasteiger partial charge >= 0.3 is 11.9 Å². The van der Waals surface area contributed by atoms with E-state index in [1.54, 1.807) is 33.1 Å². The third-order valence-electron chi connectivity index (χ3n) is 4.31. The van der Waals surface area contributed by atoms with Crippen LogP contribution in [-0.4, -0.2) is 43.2 Å². The molecule has 0 saturated heterocycles. The van der Waals surface area contributed by atoms with E-state index in [0.717, 1.165) is 11.3 Å². The lowest BCUT2D eigenvalue weighted by Gasteiger charge is -2.13. The maximum Gasteiger partial charge on any atom is 0.355 e. The molecule has 8 nitrogen and oxygen atoms in total. The Morgan fingerprint density at radius 2 is 1.71 bits per heavy atom. The van der Waals surface area contributed by atoms with Crippen LogP contribution in [0.2, 0.25) is 0 Å². The van der Waals surface area contributed by atoms with E-state index in [1.165, 1.54) is 14.0 Å². The molecule has 0 unspecified atom stereocenters. The van der Waals surface area contributed by atoms with Crippen molar-refractivity contribution in [1.82, 2.24) is 10.3 Å². The number of carbonyl (C=O) groups excluding carboxylic acids is 3. The SMILES string of the molecule is COC(=O)c1c(C)[nH]c(C(=O)O[C@@H](C)C(=O)NCc2ccc(OC)cc2)c1C. The largest absolute Gasteiger partial charge is 0.497 e. The van der Waals surface area contributed by atoms with Gasteiger partial charge in [-0.15, -0.1) is 0 Å². The predicted octanol–water partition coefficient (Wildman–Crippen LogP) is 2.29. The molecule has 0 fully saturated rings. The summed E-state index contributed by atoms with van der Waals surface area (Å²) in [5.74, 6) is -0.975. The minimum Gasteiger partial charge on any atom is -0.497 e. The Morgan fingerprint density at radius 3 is 2.29 bits per heavy atom. The molecule has 1 heterocycles. The van der Waals surface area contributed by atoms with Gasteiger partial charge in [0.25, 0.3) is 5.91 Å². The van der Waals surface area contributed by atoms with Gasteiger partial charge in [0.15, 0.2) is 6.10 Å². The van der Waals surface area contributed by atoms with Gasteiger partial charge in [0.1, 0.15) is 11.4 Å². The fraction of sp³-hybridized carbons (Fsp3) is 0.350. The summed E-state index contributed by atoms with van der Waals surface area (Å²) in [6.45, 7) is 5.03. The molecule has 1 atom stereocenters. The molecule has 0 spiro atoms. The van der Waals surface area contributed by atoms with Crippen molar-refractivity contribution in [1.29, 1.82) is 0 Å². The Hall–Kier alpha value is -3.29. The molecule has 2 aromatic rings. The van der Waals surface area contributed by atoms with E-state index >= 15 is 0 Å². The van der Waals surface area contributed by atoms with Crippen molar-refractivity contribution in [3.8, 4) is 5.75 Å². The van der Waals surface area contributed by atoms with Crippen LogP contribution in [0.3, 0.4) is 0 Å². The number of nitrogens with one attached hydrogen (secondary N) is 2. The number of methoxy groups -OCH3 is 2. The first kappa shape index (κ1) is 21.0. The number of carbonyl (C=O) groups is 3. The summed E-state index contributed by atoms with van der Waals surface area (Å²) in [6, 6.07) is 7.24. The number of amides is 1. The molecule has 0 aliphatic rings. The number of H-pyrrole nitrogens is 1. The Balaban J connectivity index is 1.97. The van der Waals surface area contributed by atoms with Gasteiger partial charge < -0.3 is 24.5 Å². The highest BCUT2D eigenvalue weighted by atomic mass is 16.5. The van der Waals surface area contributed by atoms with Gasteiger partial charge in [-0.3, -0.25) is 4.79 Å². The summed E-state index contributed by atoms with van der Waals surface area (Å²) < 4.78 is 15.0. The highest BCUT2D eigenvalue weighted by Gasteiger charge is 2.26. The smallest absolute Gasteiger partial charge is 0.355 e. The number of ether oxygens (including phenoxy) is 3. The van der Waals surface area contributed by atoms with E-state index in [0.29, 0.717) is 11.3 Å².